The molecule has 0 unspecified atom stereocenters. The second-order valence-electron chi connectivity index (χ2n) is 4.51. The van der Waals surface area contributed by atoms with Gasteiger partial charge in [-0.1, -0.05) is 58.7 Å². The Hall–Kier alpha value is -0.830. The first-order valence-corrected chi connectivity index (χ1v) is 7.58. The fourth-order valence-electron chi connectivity index (χ4n) is 1.91. The molecule has 0 heterocycles. The van der Waals surface area contributed by atoms with Crippen LogP contribution in [0.15, 0.2) is 46.9 Å². The van der Waals surface area contributed by atoms with Crippen LogP contribution >= 0.6 is 27.5 Å². The zero-order valence-electron chi connectivity index (χ0n) is 10.9. The number of hydrogen-bond donors (Lipinski definition) is 1. The standard InChI is InChI=1S/C16H17BrClN/c1-2-12-3-5-13(6-4-12)10-19-11-14-9-15(18)7-8-16(14)17/h3-9,19H,2,10-11H2,1H3. The molecule has 2 aromatic carbocycles. The van der Waals surface area contributed by atoms with Crippen LogP contribution in [-0.4, -0.2) is 0 Å². The van der Waals surface area contributed by atoms with Crippen LogP contribution in [0.25, 0.3) is 0 Å². The van der Waals surface area contributed by atoms with E-state index in [1.165, 1.54) is 16.7 Å². The summed E-state index contributed by atoms with van der Waals surface area (Å²) in [5.74, 6) is 0. The Morgan fingerprint density at radius 2 is 1.68 bits per heavy atom. The zero-order valence-corrected chi connectivity index (χ0v) is 13.3. The van der Waals surface area contributed by atoms with Gasteiger partial charge < -0.3 is 5.32 Å². The Kier molecular flexibility index (Phi) is 5.44. The first kappa shape index (κ1) is 14.6. The van der Waals surface area contributed by atoms with Gasteiger partial charge in [0.1, 0.15) is 0 Å². The van der Waals surface area contributed by atoms with Gasteiger partial charge in [-0.15, -0.1) is 0 Å². The van der Waals surface area contributed by atoms with Gasteiger partial charge in [0.05, 0.1) is 0 Å². The number of hydrogen-bond acceptors (Lipinski definition) is 1. The van der Waals surface area contributed by atoms with Crippen molar-refractivity contribution in [1.29, 1.82) is 0 Å². The summed E-state index contributed by atoms with van der Waals surface area (Å²) < 4.78 is 1.09. The quantitative estimate of drug-likeness (QED) is 0.813. The average molecular weight is 339 g/mol. The summed E-state index contributed by atoms with van der Waals surface area (Å²) in [7, 11) is 0. The second-order valence-corrected chi connectivity index (χ2v) is 5.80. The molecular weight excluding hydrogens is 322 g/mol. The van der Waals surface area contributed by atoms with Gasteiger partial charge in [0.25, 0.3) is 0 Å². The van der Waals surface area contributed by atoms with Crippen LogP contribution in [-0.2, 0) is 19.5 Å². The van der Waals surface area contributed by atoms with Gasteiger partial charge >= 0.3 is 0 Å². The molecule has 19 heavy (non-hydrogen) atoms. The van der Waals surface area contributed by atoms with Crippen LogP contribution < -0.4 is 5.32 Å². The van der Waals surface area contributed by atoms with Crippen LogP contribution in [0.4, 0.5) is 0 Å². The molecule has 2 rings (SSSR count). The molecule has 1 nitrogen and oxygen atoms in total. The molecule has 100 valence electrons. The van der Waals surface area contributed by atoms with E-state index >= 15 is 0 Å². The molecule has 0 amide bonds. The van der Waals surface area contributed by atoms with E-state index in [4.69, 9.17) is 11.6 Å². The van der Waals surface area contributed by atoms with Gasteiger partial charge in [-0.05, 0) is 41.3 Å². The molecule has 0 aliphatic carbocycles. The number of nitrogens with one attached hydrogen (secondary N) is 1. The monoisotopic (exact) mass is 337 g/mol. The van der Waals surface area contributed by atoms with E-state index in [-0.39, 0.29) is 0 Å². The molecule has 0 aliphatic heterocycles. The lowest BCUT2D eigenvalue weighted by Crippen LogP contribution is -2.13. The normalized spacial score (nSPS) is 10.7. The highest BCUT2D eigenvalue weighted by molar-refractivity contribution is 9.10. The molecule has 0 fully saturated rings. The lowest BCUT2D eigenvalue weighted by Gasteiger charge is -2.08. The molecule has 0 saturated heterocycles. The Labute approximate surface area is 128 Å². The minimum atomic E-state index is 0.771. The molecule has 0 saturated carbocycles. The first-order valence-electron chi connectivity index (χ1n) is 6.41. The minimum Gasteiger partial charge on any atom is -0.309 e. The van der Waals surface area contributed by atoms with Crippen LogP contribution in [0.2, 0.25) is 5.02 Å². The lowest BCUT2D eigenvalue weighted by atomic mass is 10.1. The molecule has 0 bridgehead atoms. The highest BCUT2D eigenvalue weighted by atomic mass is 79.9. The molecule has 1 N–H and O–H groups in total. The first-order chi connectivity index (χ1) is 9.19. The Bertz CT molecular complexity index is 537. The van der Waals surface area contributed by atoms with Crippen LogP contribution in [0.1, 0.15) is 23.6 Å². The molecule has 0 atom stereocenters. The van der Waals surface area contributed by atoms with Gasteiger partial charge in [-0.25, -0.2) is 0 Å². The van der Waals surface area contributed by atoms with Crippen molar-refractivity contribution in [2.75, 3.05) is 0 Å². The third kappa shape index (κ3) is 4.34. The molecular formula is C16H17BrClN. The van der Waals surface area contributed by atoms with Crippen molar-refractivity contribution in [2.45, 2.75) is 26.4 Å². The summed E-state index contributed by atoms with van der Waals surface area (Å²) in [6.45, 7) is 3.84. The predicted octanol–water partition coefficient (Wildman–Crippen LogP) is 4.95. The zero-order chi connectivity index (χ0) is 13.7. The van der Waals surface area contributed by atoms with Crippen molar-refractivity contribution in [3.63, 3.8) is 0 Å². The van der Waals surface area contributed by atoms with E-state index in [0.29, 0.717) is 0 Å². The maximum Gasteiger partial charge on any atom is 0.0410 e. The van der Waals surface area contributed by atoms with E-state index in [1.54, 1.807) is 0 Å². The minimum absolute atomic E-state index is 0.771. The molecule has 0 aliphatic rings. The summed E-state index contributed by atoms with van der Waals surface area (Å²) in [6, 6.07) is 14.6. The number of benzene rings is 2. The van der Waals surface area contributed by atoms with Crippen LogP contribution in [0.3, 0.4) is 0 Å². The average Bonchev–Trinajstić information content (AvgIpc) is 2.43. The van der Waals surface area contributed by atoms with Crippen molar-refractivity contribution < 1.29 is 0 Å². The molecule has 3 heteroatoms. The molecule has 2 aromatic rings. The molecule has 0 aromatic heterocycles. The number of aryl methyl sites for hydroxylation is 1. The van der Waals surface area contributed by atoms with Gasteiger partial charge in [0, 0.05) is 22.6 Å². The summed E-state index contributed by atoms with van der Waals surface area (Å²) in [5.41, 5.74) is 3.86. The highest BCUT2D eigenvalue weighted by Crippen LogP contribution is 2.21. The second kappa shape index (κ2) is 7.09. The highest BCUT2D eigenvalue weighted by Gasteiger charge is 2.01. The fourth-order valence-corrected chi connectivity index (χ4v) is 2.49. The largest absolute Gasteiger partial charge is 0.309 e. The Balaban J connectivity index is 1.90. The number of halogens is 2. The molecule has 0 radical (unpaired) electrons. The Morgan fingerprint density at radius 3 is 2.37 bits per heavy atom. The smallest absolute Gasteiger partial charge is 0.0410 e. The van der Waals surface area contributed by atoms with E-state index in [0.717, 1.165) is 29.0 Å². The lowest BCUT2D eigenvalue weighted by molar-refractivity contribution is 0.691. The molecule has 0 spiro atoms. The summed E-state index contributed by atoms with van der Waals surface area (Å²) >= 11 is 9.53. The van der Waals surface area contributed by atoms with Crippen molar-refractivity contribution in [1.82, 2.24) is 5.32 Å². The van der Waals surface area contributed by atoms with Crippen molar-refractivity contribution in [3.8, 4) is 0 Å². The third-order valence-electron chi connectivity index (χ3n) is 3.08. The van der Waals surface area contributed by atoms with Crippen LogP contribution in [0, 0.1) is 0 Å². The van der Waals surface area contributed by atoms with Gasteiger partial charge in [-0.3, -0.25) is 0 Å². The maximum atomic E-state index is 6.00. The van der Waals surface area contributed by atoms with E-state index in [2.05, 4.69) is 52.4 Å². The summed E-state index contributed by atoms with van der Waals surface area (Å²) in [6.07, 6.45) is 1.09. The fraction of sp³-hybridized carbons (Fsp3) is 0.250. The van der Waals surface area contributed by atoms with E-state index in [9.17, 15) is 0 Å². The number of rotatable bonds is 5. The Morgan fingerprint density at radius 1 is 1.00 bits per heavy atom. The topological polar surface area (TPSA) is 12.0 Å². The van der Waals surface area contributed by atoms with Gasteiger partial charge in [0.15, 0.2) is 0 Å². The predicted molar refractivity (Wildman–Crippen MR) is 85.5 cm³/mol. The third-order valence-corrected chi connectivity index (χ3v) is 4.09. The van der Waals surface area contributed by atoms with Gasteiger partial charge in [-0.2, -0.15) is 0 Å². The van der Waals surface area contributed by atoms with E-state index in [1.807, 2.05) is 18.2 Å². The van der Waals surface area contributed by atoms with Crippen molar-refractivity contribution in [3.05, 3.63) is 68.7 Å². The van der Waals surface area contributed by atoms with Crippen molar-refractivity contribution >= 4 is 27.5 Å². The SMILES string of the molecule is CCc1ccc(CNCc2cc(Cl)ccc2Br)cc1. The van der Waals surface area contributed by atoms with Crippen molar-refractivity contribution in [2.24, 2.45) is 0 Å². The summed E-state index contributed by atoms with van der Waals surface area (Å²) in [4.78, 5) is 0. The van der Waals surface area contributed by atoms with Gasteiger partial charge in [0.2, 0.25) is 0 Å². The maximum absolute atomic E-state index is 6.00. The summed E-state index contributed by atoms with van der Waals surface area (Å²) in [5, 5.41) is 4.21. The van der Waals surface area contributed by atoms with Crippen LogP contribution in [0.5, 0.6) is 0 Å². The van der Waals surface area contributed by atoms with E-state index < -0.39 is 0 Å².